The first kappa shape index (κ1) is 22.2. The fourth-order valence-corrected chi connectivity index (χ4v) is 2.91. The molecule has 1 atom stereocenters. The first-order valence-electron chi connectivity index (χ1n) is 9.69. The smallest absolute Gasteiger partial charge is 0.308 e. The van der Waals surface area contributed by atoms with Gasteiger partial charge in [0.2, 0.25) is 6.29 Å². The van der Waals surface area contributed by atoms with Gasteiger partial charge < -0.3 is 9.47 Å². The molecule has 1 unspecified atom stereocenters. The van der Waals surface area contributed by atoms with Gasteiger partial charge in [0, 0.05) is 20.4 Å². The second-order valence-corrected chi connectivity index (χ2v) is 7.97. The number of benzene rings is 1. The van der Waals surface area contributed by atoms with E-state index in [1.165, 1.54) is 5.56 Å². The molecule has 0 fully saturated rings. The van der Waals surface area contributed by atoms with E-state index in [2.05, 4.69) is 31.9 Å². The molecule has 6 nitrogen and oxygen atoms in total. The molecule has 154 valence electrons. The van der Waals surface area contributed by atoms with Gasteiger partial charge in [0.05, 0.1) is 5.69 Å². The van der Waals surface area contributed by atoms with Crippen LogP contribution in [0.5, 0.6) is 0 Å². The lowest BCUT2D eigenvalue weighted by atomic mass is 9.86. The number of aromatic nitrogens is 2. The van der Waals surface area contributed by atoms with E-state index in [1.54, 1.807) is 25.6 Å². The Balaban J connectivity index is 2.56. The van der Waals surface area contributed by atoms with Crippen LogP contribution < -0.4 is 0 Å². The number of carbonyl (C=O) groups excluding carboxylic acids is 1. The SMILES string of the molecule is CCC(=O)OC(C)O/C(=C(/C#N)c1ccc(C(C)(C)C)cc1)c1cc(C)nn1C. The van der Waals surface area contributed by atoms with Gasteiger partial charge in [0.1, 0.15) is 17.3 Å². The highest BCUT2D eigenvalue weighted by Crippen LogP contribution is 2.30. The van der Waals surface area contributed by atoms with Gasteiger partial charge in [0.15, 0.2) is 5.76 Å². The highest BCUT2D eigenvalue weighted by atomic mass is 16.7. The summed E-state index contributed by atoms with van der Waals surface area (Å²) in [5, 5.41) is 14.3. The molecule has 0 saturated carbocycles. The largest absolute Gasteiger partial charge is 0.451 e. The molecule has 2 aromatic rings. The summed E-state index contributed by atoms with van der Waals surface area (Å²) in [6.07, 6.45) is -0.596. The predicted molar refractivity (Wildman–Crippen MR) is 112 cm³/mol. The molecule has 0 aliphatic carbocycles. The number of nitriles is 1. The Bertz CT molecular complexity index is 941. The van der Waals surface area contributed by atoms with E-state index in [0.717, 1.165) is 11.3 Å². The van der Waals surface area contributed by atoms with Crippen molar-refractivity contribution < 1.29 is 14.3 Å². The van der Waals surface area contributed by atoms with Gasteiger partial charge in [-0.1, -0.05) is 52.0 Å². The summed E-state index contributed by atoms with van der Waals surface area (Å²) in [4.78, 5) is 11.7. The second kappa shape index (κ2) is 8.95. The van der Waals surface area contributed by atoms with Gasteiger partial charge in [-0.3, -0.25) is 9.48 Å². The average Bonchev–Trinajstić information content (AvgIpc) is 2.99. The predicted octanol–water partition coefficient (Wildman–Crippen LogP) is 4.73. The lowest BCUT2D eigenvalue weighted by Gasteiger charge is -2.20. The third-order valence-electron chi connectivity index (χ3n) is 4.48. The highest BCUT2D eigenvalue weighted by molar-refractivity contribution is 5.94. The summed E-state index contributed by atoms with van der Waals surface area (Å²) in [5.74, 6) is -0.0402. The van der Waals surface area contributed by atoms with Crippen LogP contribution in [0.2, 0.25) is 0 Å². The lowest BCUT2D eigenvalue weighted by Crippen LogP contribution is -2.18. The van der Waals surface area contributed by atoms with E-state index in [4.69, 9.17) is 9.47 Å². The number of allylic oxidation sites excluding steroid dienone is 1. The zero-order valence-corrected chi connectivity index (χ0v) is 18.2. The molecule has 0 amide bonds. The van der Waals surface area contributed by atoms with Crippen molar-refractivity contribution in [1.29, 1.82) is 5.26 Å². The Hall–Kier alpha value is -3.07. The van der Waals surface area contributed by atoms with E-state index in [0.29, 0.717) is 17.0 Å². The molecule has 6 heteroatoms. The van der Waals surface area contributed by atoms with Crippen molar-refractivity contribution in [2.45, 2.75) is 59.7 Å². The molecule has 1 heterocycles. The summed E-state index contributed by atoms with van der Waals surface area (Å²) < 4.78 is 12.9. The maximum atomic E-state index is 11.7. The minimum absolute atomic E-state index is 0.0103. The van der Waals surface area contributed by atoms with Crippen molar-refractivity contribution in [2.75, 3.05) is 0 Å². The summed E-state index contributed by atoms with van der Waals surface area (Å²) in [5.41, 5.74) is 3.69. The van der Waals surface area contributed by atoms with Gasteiger partial charge in [0.25, 0.3) is 0 Å². The van der Waals surface area contributed by atoms with Crippen molar-refractivity contribution in [3.05, 3.63) is 52.8 Å². The van der Waals surface area contributed by atoms with Gasteiger partial charge in [-0.2, -0.15) is 10.4 Å². The normalized spacial score (nSPS) is 13.3. The molecular formula is C23H29N3O3. The van der Waals surface area contributed by atoms with Crippen LogP contribution >= 0.6 is 0 Å². The standard InChI is InChI=1S/C23H29N3O3/c1-8-21(27)28-16(3)29-22(20-13-15(2)25-26(20)7)19(14-24)17-9-11-18(12-10-17)23(4,5)6/h9-13,16H,8H2,1-7H3/b22-19-. The first-order chi connectivity index (χ1) is 13.6. The van der Waals surface area contributed by atoms with Crippen molar-refractivity contribution in [3.8, 4) is 6.07 Å². The van der Waals surface area contributed by atoms with Crippen LogP contribution in [0, 0.1) is 18.3 Å². The molecule has 0 spiro atoms. The van der Waals surface area contributed by atoms with Crippen LogP contribution in [0.4, 0.5) is 0 Å². The maximum absolute atomic E-state index is 11.7. The van der Waals surface area contributed by atoms with Crippen LogP contribution in [0.1, 0.15) is 63.6 Å². The number of rotatable bonds is 6. The van der Waals surface area contributed by atoms with Crippen molar-refractivity contribution in [3.63, 3.8) is 0 Å². The van der Waals surface area contributed by atoms with E-state index in [-0.39, 0.29) is 17.8 Å². The van der Waals surface area contributed by atoms with Crippen LogP contribution in [0.3, 0.4) is 0 Å². The molecule has 29 heavy (non-hydrogen) atoms. The van der Waals surface area contributed by atoms with Crippen LogP contribution in [-0.2, 0) is 26.7 Å². The van der Waals surface area contributed by atoms with Crippen LogP contribution in [0.25, 0.3) is 11.3 Å². The maximum Gasteiger partial charge on any atom is 0.308 e. The van der Waals surface area contributed by atoms with Gasteiger partial charge in [-0.15, -0.1) is 0 Å². The number of aryl methyl sites for hydroxylation is 2. The topological polar surface area (TPSA) is 77.1 Å². The quantitative estimate of drug-likeness (QED) is 0.306. The third-order valence-corrected chi connectivity index (χ3v) is 4.48. The molecule has 2 rings (SSSR count). The summed E-state index contributed by atoms with van der Waals surface area (Å²) in [7, 11) is 1.78. The van der Waals surface area contributed by atoms with E-state index in [9.17, 15) is 10.1 Å². The molecule has 0 saturated heterocycles. The Morgan fingerprint density at radius 3 is 2.31 bits per heavy atom. The number of nitrogens with zero attached hydrogens (tertiary/aromatic N) is 3. The van der Waals surface area contributed by atoms with E-state index < -0.39 is 6.29 Å². The lowest BCUT2D eigenvalue weighted by molar-refractivity contribution is -0.163. The number of carbonyl (C=O) groups is 1. The minimum Gasteiger partial charge on any atom is -0.451 e. The zero-order valence-electron chi connectivity index (χ0n) is 18.2. The van der Waals surface area contributed by atoms with Gasteiger partial charge >= 0.3 is 5.97 Å². The average molecular weight is 396 g/mol. The molecule has 1 aromatic carbocycles. The van der Waals surface area contributed by atoms with Crippen molar-refractivity contribution in [1.82, 2.24) is 9.78 Å². The zero-order chi connectivity index (χ0) is 21.8. The monoisotopic (exact) mass is 395 g/mol. The number of ether oxygens (including phenoxy) is 2. The van der Waals surface area contributed by atoms with Crippen molar-refractivity contribution in [2.24, 2.45) is 7.05 Å². The number of hydrogen-bond donors (Lipinski definition) is 0. The minimum atomic E-state index is -0.843. The fraction of sp³-hybridized carbons (Fsp3) is 0.435. The van der Waals surface area contributed by atoms with E-state index in [1.807, 2.05) is 37.3 Å². The molecule has 0 N–H and O–H groups in total. The summed E-state index contributed by atoms with van der Waals surface area (Å²) in [6, 6.07) is 11.9. The third kappa shape index (κ3) is 5.47. The Morgan fingerprint density at radius 2 is 1.86 bits per heavy atom. The van der Waals surface area contributed by atoms with Gasteiger partial charge in [-0.25, -0.2) is 0 Å². The summed E-state index contributed by atoms with van der Waals surface area (Å²) >= 11 is 0. The molecule has 1 aromatic heterocycles. The fourth-order valence-electron chi connectivity index (χ4n) is 2.91. The van der Waals surface area contributed by atoms with Crippen LogP contribution in [0.15, 0.2) is 30.3 Å². The molecule has 0 aliphatic rings. The Morgan fingerprint density at radius 1 is 1.24 bits per heavy atom. The molecule has 0 bridgehead atoms. The first-order valence-corrected chi connectivity index (χ1v) is 9.69. The van der Waals surface area contributed by atoms with E-state index >= 15 is 0 Å². The van der Waals surface area contributed by atoms with Crippen molar-refractivity contribution >= 4 is 17.3 Å². The Labute approximate surface area is 172 Å². The number of esters is 1. The summed E-state index contributed by atoms with van der Waals surface area (Å²) in [6.45, 7) is 11.6. The van der Waals surface area contributed by atoms with Gasteiger partial charge in [-0.05, 0) is 29.5 Å². The van der Waals surface area contributed by atoms with Crippen LogP contribution in [-0.4, -0.2) is 22.0 Å². The second-order valence-electron chi connectivity index (χ2n) is 7.97. The Kier molecular flexibility index (Phi) is 6.86. The molecular weight excluding hydrogens is 366 g/mol. The number of hydrogen-bond acceptors (Lipinski definition) is 5. The molecule has 0 radical (unpaired) electrons. The molecule has 0 aliphatic heterocycles. The highest BCUT2D eigenvalue weighted by Gasteiger charge is 2.22.